The maximum atomic E-state index is 14.1. The number of nitrogens with two attached hydrogens (primary N) is 1. The smallest absolute Gasteiger partial charge is 0.261 e. The van der Waals surface area contributed by atoms with Gasteiger partial charge in [-0.05, 0) is 36.2 Å². The number of primary amides is 1. The normalized spacial score (nSPS) is 10.7. The monoisotopic (exact) mass is 357 g/mol. The second kappa shape index (κ2) is 8.47. The molecule has 2 rings (SSSR count). The van der Waals surface area contributed by atoms with Gasteiger partial charge in [0.25, 0.3) is 5.91 Å². The van der Waals surface area contributed by atoms with Crippen molar-refractivity contribution in [2.45, 2.75) is 13.8 Å². The summed E-state index contributed by atoms with van der Waals surface area (Å²) in [4.78, 5) is 27.4. The minimum atomic E-state index is -0.548. The molecule has 0 saturated heterocycles. The van der Waals surface area contributed by atoms with Gasteiger partial charge in [0, 0.05) is 25.0 Å². The van der Waals surface area contributed by atoms with E-state index >= 15 is 0 Å². The van der Waals surface area contributed by atoms with Crippen LogP contribution in [0.4, 0.5) is 15.8 Å². The summed E-state index contributed by atoms with van der Waals surface area (Å²) in [5.41, 5.74) is 6.67. The highest BCUT2D eigenvalue weighted by Crippen LogP contribution is 2.25. The van der Waals surface area contributed by atoms with Crippen LogP contribution in [-0.2, 0) is 4.79 Å². The van der Waals surface area contributed by atoms with Crippen LogP contribution in [0.5, 0.6) is 0 Å². The van der Waals surface area contributed by atoms with Gasteiger partial charge in [-0.15, -0.1) is 0 Å². The van der Waals surface area contributed by atoms with Crippen LogP contribution < -0.4 is 15.5 Å². The second-order valence-corrected chi connectivity index (χ2v) is 6.63. The van der Waals surface area contributed by atoms with Crippen molar-refractivity contribution in [3.63, 3.8) is 0 Å². The molecular formula is C20H24FN3O2. The van der Waals surface area contributed by atoms with E-state index in [2.05, 4.69) is 0 Å². The Morgan fingerprint density at radius 1 is 1.08 bits per heavy atom. The molecule has 0 aliphatic carbocycles. The standard InChI is InChI=1S/C20H24FN3O2/c1-14(2)12-24(20(26)17-9-4-5-10-18(17)21)16-8-6-7-15(11-16)23(3)13-19(22)25/h4-11,14H,12-13H2,1-3H3,(H2,22,25). The molecular weight excluding hydrogens is 333 g/mol. The van der Waals surface area contributed by atoms with E-state index < -0.39 is 17.6 Å². The molecule has 0 aliphatic heterocycles. The highest BCUT2D eigenvalue weighted by atomic mass is 19.1. The van der Waals surface area contributed by atoms with Crippen LogP contribution in [0.15, 0.2) is 48.5 Å². The van der Waals surface area contributed by atoms with Gasteiger partial charge in [0.2, 0.25) is 5.91 Å². The van der Waals surface area contributed by atoms with Crippen LogP contribution in [-0.4, -0.2) is 32.0 Å². The van der Waals surface area contributed by atoms with Gasteiger partial charge in [-0.1, -0.05) is 32.0 Å². The van der Waals surface area contributed by atoms with Crippen molar-refractivity contribution >= 4 is 23.2 Å². The van der Waals surface area contributed by atoms with Gasteiger partial charge in [-0.2, -0.15) is 0 Å². The Balaban J connectivity index is 2.40. The summed E-state index contributed by atoms with van der Waals surface area (Å²) in [5.74, 6) is -1.20. The summed E-state index contributed by atoms with van der Waals surface area (Å²) in [6, 6.07) is 13.2. The summed E-state index contributed by atoms with van der Waals surface area (Å²) in [7, 11) is 1.75. The third-order valence-corrected chi connectivity index (χ3v) is 3.87. The fourth-order valence-electron chi connectivity index (χ4n) is 2.67. The summed E-state index contributed by atoms with van der Waals surface area (Å²) in [6.07, 6.45) is 0. The molecule has 0 bridgehead atoms. The molecule has 0 unspecified atom stereocenters. The van der Waals surface area contributed by atoms with Crippen molar-refractivity contribution in [2.24, 2.45) is 11.7 Å². The first kappa shape index (κ1) is 19.4. The van der Waals surface area contributed by atoms with E-state index in [9.17, 15) is 14.0 Å². The first-order valence-electron chi connectivity index (χ1n) is 8.45. The van der Waals surface area contributed by atoms with E-state index in [-0.39, 0.29) is 18.0 Å². The van der Waals surface area contributed by atoms with Crippen molar-refractivity contribution in [2.75, 3.05) is 29.9 Å². The molecule has 5 nitrogen and oxygen atoms in total. The first-order chi connectivity index (χ1) is 12.3. The molecule has 0 heterocycles. The van der Waals surface area contributed by atoms with E-state index in [0.717, 1.165) is 5.69 Å². The number of likely N-dealkylation sites (N-methyl/N-ethyl adjacent to an activating group) is 1. The predicted molar refractivity (Wildman–Crippen MR) is 102 cm³/mol. The third-order valence-electron chi connectivity index (χ3n) is 3.87. The maximum Gasteiger partial charge on any atom is 0.261 e. The Hall–Kier alpha value is -2.89. The molecule has 2 aromatic rings. The van der Waals surface area contributed by atoms with E-state index in [1.807, 2.05) is 19.9 Å². The predicted octanol–water partition coefficient (Wildman–Crippen LogP) is 3.05. The van der Waals surface area contributed by atoms with Crippen LogP contribution in [0.1, 0.15) is 24.2 Å². The Kier molecular flexibility index (Phi) is 6.33. The molecule has 0 atom stereocenters. The number of nitrogens with zero attached hydrogens (tertiary/aromatic N) is 2. The topological polar surface area (TPSA) is 66.6 Å². The van der Waals surface area contributed by atoms with Gasteiger partial charge in [-0.3, -0.25) is 9.59 Å². The van der Waals surface area contributed by atoms with E-state index in [1.165, 1.54) is 12.1 Å². The van der Waals surface area contributed by atoms with Crippen LogP contribution in [0.2, 0.25) is 0 Å². The third kappa shape index (κ3) is 4.81. The number of halogens is 1. The van der Waals surface area contributed by atoms with E-state index in [0.29, 0.717) is 12.2 Å². The quantitative estimate of drug-likeness (QED) is 0.828. The van der Waals surface area contributed by atoms with Crippen molar-refractivity contribution in [1.82, 2.24) is 0 Å². The molecule has 0 aliphatic rings. The highest BCUT2D eigenvalue weighted by Gasteiger charge is 2.22. The molecule has 0 saturated carbocycles. The summed E-state index contributed by atoms with van der Waals surface area (Å²) >= 11 is 0. The van der Waals surface area contributed by atoms with Crippen LogP contribution in [0.3, 0.4) is 0 Å². The number of amides is 2. The second-order valence-electron chi connectivity index (χ2n) is 6.63. The lowest BCUT2D eigenvalue weighted by Gasteiger charge is -2.27. The zero-order valence-corrected chi connectivity index (χ0v) is 15.3. The molecule has 6 heteroatoms. The van der Waals surface area contributed by atoms with Crippen LogP contribution in [0, 0.1) is 11.7 Å². The summed E-state index contributed by atoms with van der Waals surface area (Å²) < 4.78 is 14.1. The van der Waals surface area contributed by atoms with Gasteiger partial charge in [0.05, 0.1) is 12.1 Å². The first-order valence-corrected chi connectivity index (χ1v) is 8.45. The molecule has 0 fully saturated rings. The lowest BCUT2D eigenvalue weighted by molar-refractivity contribution is -0.116. The number of carbonyl (C=O) groups is 2. The fraction of sp³-hybridized carbons (Fsp3) is 0.300. The average Bonchev–Trinajstić information content (AvgIpc) is 2.59. The average molecular weight is 357 g/mol. The summed E-state index contributed by atoms with van der Waals surface area (Å²) in [5, 5.41) is 0. The molecule has 2 amide bonds. The highest BCUT2D eigenvalue weighted by molar-refractivity contribution is 6.06. The summed E-state index contributed by atoms with van der Waals surface area (Å²) in [6.45, 7) is 4.49. The lowest BCUT2D eigenvalue weighted by atomic mass is 10.1. The number of anilines is 2. The molecule has 0 spiro atoms. The van der Waals surface area contributed by atoms with Gasteiger partial charge in [0.1, 0.15) is 5.82 Å². The van der Waals surface area contributed by atoms with E-state index in [4.69, 9.17) is 5.73 Å². The van der Waals surface area contributed by atoms with Crippen molar-refractivity contribution in [3.05, 3.63) is 59.9 Å². The van der Waals surface area contributed by atoms with Gasteiger partial charge >= 0.3 is 0 Å². The van der Waals surface area contributed by atoms with Gasteiger partial charge in [-0.25, -0.2) is 4.39 Å². The van der Waals surface area contributed by atoms with Crippen molar-refractivity contribution in [1.29, 1.82) is 0 Å². The number of hydrogen-bond acceptors (Lipinski definition) is 3. The molecule has 0 radical (unpaired) electrons. The SMILES string of the molecule is CC(C)CN(C(=O)c1ccccc1F)c1cccc(N(C)CC(N)=O)c1. The molecule has 138 valence electrons. The Bertz CT molecular complexity index is 792. The van der Waals surface area contributed by atoms with Crippen molar-refractivity contribution < 1.29 is 14.0 Å². The zero-order chi connectivity index (χ0) is 19.3. The number of hydrogen-bond donors (Lipinski definition) is 1. The Morgan fingerprint density at radius 2 is 1.73 bits per heavy atom. The molecule has 26 heavy (non-hydrogen) atoms. The zero-order valence-electron chi connectivity index (χ0n) is 15.3. The van der Waals surface area contributed by atoms with Gasteiger partial charge in [0.15, 0.2) is 0 Å². The Morgan fingerprint density at radius 3 is 2.35 bits per heavy atom. The Labute approximate surface area is 153 Å². The molecule has 2 aromatic carbocycles. The maximum absolute atomic E-state index is 14.1. The number of rotatable bonds is 7. The minimum absolute atomic E-state index is 0.0315. The largest absolute Gasteiger partial charge is 0.368 e. The number of benzene rings is 2. The van der Waals surface area contributed by atoms with Gasteiger partial charge < -0.3 is 15.5 Å². The minimum Gasteiger partial charge on any atom is -0.368 e. The molecule has 2 N–H and O–H groups in total. The lowest BCUT2D eigenvalue weighted by Crippen LogP contribution is -2.35. The number of carbonyl (C=O) groups excluding carboxylic acids is 2. The van der Waals surface area contributed by atoms with E-state index in [1.54, 1.807) is 47.2 Å². The fourth-order valence-corrected chi connectivity index (χ4v) is 2.67. The van der Waals surface area contributed by atoms with Crippen LogP contribution >= 0.6 is 0 Å². The van der Waals surface area contributed by atoms with Crippen molar-refractivity contribution in [3.8, 4) is 0 Å². The van der Waals surface area contributed by atoms with Crippen LogP contribution in [0.25, 0.3) is 0 Å². The molecule has 0 aromatic heterocycles.